The molecule has 2 aromatic rings. The van der Waals surface area contributed by atoms with E-state index in [-0.39, 0.29) is 21.3 Å². The first-order valence-corrected chi connectivity index (χ1v) is 7.47. The lowest BCUT2D eigenvalue weighted by molar-refractivity contribution is 0.0601. The predicted octanol–water partition coefficient (Wildman–Crippen LogP) is 2.88. The average Bonchev–Trinajstić information content (AvgIpc) is 2.90. The molecule has 0 aliphatic heterocycles. The van der Waals surface area contributed by atoms with Crippen LogP contribution in [0.2, 0.25) is 0 Å². The minimum absolute atomic E-state index is 0.155. The first-order valence-electron chi connectivity index (χ1n) is 6.66. The van der Waals surface area contributed by atoms with E-state index in [1.165, 1.54) is 14.2 Å². The normalized spacial score (nSPS) is 10.0. The second-order valence-corrected chi connectivity index (χ2v) is 5.58. The van der Waals surface area contributed by atoms with Gasteiger partial charge in [-0.1, -0.05) is 18.2 Å². The molecule has 0 aliphatic rings. The van der Waals surface area contributed by atoms with Crippen LogP contribution in [0, 0.1) is 6.92 Å². The van der Waals surface area contributed by atoms with Gasteiger partial charge in [-0.15, -0.1) is 11.3 Å². The number of amides is 1. The van der Waals surface area contributed by atoms with Crippen molar-refractivity contribution in [1.82, 2.24) is 0 Å². The van der Waals surface area contributed by atoms with E-state index >= 15 is 0 Å². The number of esters is 2. The summed E-state index contributed by atoms with van der Waals surface area (Å²) in [5, 5.41) is 2.91. The zero-order valence-electron chi connectivity index (χ0n) is 12.8. The van der Waals surface area contributed by atoms with E-state index < -0.39 is 11.9 Å². The first-order chi connectivity index (χ1) is 11.0. The van der Waals surface area contributed by atoms with E-state index in [1.54, 1.807) is 37.3 Å². The highest BCUT2D eigenvalue weighted by Crippen LogP contribution is 2.34. The number of carbonyl (C=O) groups is 3. The van der Waals surface area contributed by atoms with Crippen LogP contribution < -0.4 is 5.32 Å². The van der Waals surface area contributed by atoms with Gasteiger partial charge < -0.3 is 14.8 Å². The summed E-state index contributed by atoms with van der Waals surface area (Å²) in [5.41, 5.74) is 1.01. The number of hydrogen-bond acceptors (Lipinski definition) is 6. The van der Waals surface area contributed by atoms with Crippen LogP contribution in [-0.2, 0) is 9.47 Å². The summed E-state index contributed by atoms with van der Waals surface area (Å²) >= 11 is 0.978. The van der Waals surface area contributed by atoms with Crippen molar-refractivity contribution >= 4 is 34.2 Å². The van der Waals surface area contributed by atoms with Crippen LogP contribution in [0.15, 0.2) is 30.3 Å². The second-order valence-electron chi connectivity index (χ2n) is 4.56. The molecule has 0 spiro atoms. The number of anilines is 1. The topological polar surface area (TPSA) is 81.7 Å². The summed E-state index contributed by atoms with van der Waals surface area (Å²) in [6.45, 7) is 1.60. The summed E-state index contributed by atoms with van der Waals surface area (Å²) in [6, 6.07) is 8.55. The van der Waals surface area contributed by atoms with Crippen molar-refractivity contribution in [1.29, 1.82) is 0 Å². The van der Waals surface area contributed by atoms with E-state index in [2.05, 4.69) is 5.32 Å². The van der Waals surface area contributed by atoms with Crippen LogP contribution in [0.5, 0.6) is 0 Å². The Balaban J connectivity index is 2.42. The quantitative estimate of drug-likeness (QED) is 0.870. The van der Waals surface area contributed by atoms with Crippen LogP contribution in [0.25, 0.3) is 0 Å². The molecule has 0 fully saturated rings. The number of nitrogens with one attached hydrogen (secondary N) is 1. The van der Waals surface area contributed by atoms with Crippen molar-refractivity contribution in [3.63, 3.8) is 0 Å². The molecule has 7 heteroatoms. The Bertz CT molecular complexity index is 751. The van der Waals surface area contributed by atoms with Crippen LogP contribution >= 0.6 is 11.3 Å². The second kappa shape index (κ2) is 7.06. The molecule has 0 aliphatic carbocycles. The zero-order valence-corrected chi connectivity index (χ0v) is 13.7. The highest BCUT2D eigenvalue weighted by molar-refractivity contribution is 7.18. The van der Waals surface area contributed by atoms with Crippen molar-refractivity contribution in [3.8, 4) is 0 Å². The standard InChI is InChI=1S/C16H15NO5S/c1-9-11(15(19)21-2)14(23-12(9)16(20)22-3)17-13(18)10-7-5-4-6-8-10/h4-8H,1-3H3,(H,17,18). The Labute approximate surface area is 137 Å². The number of rotatable bonds is 4. The third-order valence-electron chi connectivity index (χ3n) is 3.17. The molecule has 120 valence electrons. The molecule has 1 aromatic heterocycles. The fourth-order valence-electron chi connectivity index (χ4n) is 2.00. The molecule has 0 atom stereocenters. The van der Waals surface area contributed by atoms with E-state index in [9.17, 15) is 14.4 Å². The maximum Gasteiger partial charge on any atom is 0.348 e. The van der Waals surface area contributed by atoms with Crippen LogP contribution in [-0.4, -0.2) is 32.1 Å². The lowest BCUT2D eigenvalue weighted by Gasteiger charge is -2.06. The average molecular weight is 333 g/mol. The third-order valence-corrected chi connectivity index (χ3v) is 4.36. The van der Waals surface area contributed by atoms with Gasteiger partial charge in [0.25, 0.3) is 5.91 Å². The van der Waals surface area contributed by atoms with E-state index in [4.69, 9.17) is 9.47 Å². The smallest absolute Gasteiger partial charge is 0.348 e. The molecule has 0 unspecified atom stereocenters. The van der Waals surface area contributed by atoms with Gasteiger partial charge in [0.05, 0.1) is 19.8 Å². The van der Waals surface area contributed by atoms with Gasteiger partial charge in [0.15, 0.2) is 0 Å². The van der Waals surface area contributed by atoms with Gasteiger partial charge >= 0.3 is 11.9 Å². The van der Waals surface area contributed by atoms with Gasteiger partial charge in [0, 0.05) is 5.56 Å². The Morgan fingerprint density at radius 1 is 1.00 bits per heavy atom. The number of ether oxygens (including phenoxy) is 2. The lowest BCUT2D eigenvalue weighted by Crippen LogP contribution is -2.14. The van der Waals surface area contributed by atoms with E-state index in [1.807, 2.05) is 0 Å². The molecule has 6 nitrogen and oxygen atoms in total. The Morgan fingerprint density at radius 2 is 1.61 bits per heavy atom. The minimum atomic E-state index is -0.628. The van der Waals surface area contributed by atoms with E-state index in [0.29, 0.717) is 11.1 Å². The maximum atomic E-state index is 12.3. The number of thiophene rings is 1. The molecule has 0 radical (unpaired) electrons. The van der Waals surface area contributed by atoms with Crippen LogP contribution in [0.4, 0.5) is 5.00 Å². The minimum Gasteiger partial charge on any atom is -0.465 e. The van der Waals surface area contributed by atoms with Crippen molar-refractivity contribution < 1.29 is 23.9 Å². The zero-order chi connectivity index (χ0) is 17.0. The molecule has 23 heavy (non-hydrogen) atoms. The van der Waals surface area contributed by atoms with Crippen molar-refractivity contribution in [2.45, 2.75) is 6.92 Å². The molecule has 2 rings (SSSR count). The van der Waals surface area contributed by atoms with Crippen molar-refractivity contribution in [3.05, 3.63) is 51.9 Å². The van der Waals surface area contributed by atoms with E-state index in [0.717, 1.165) is 11.3 Å². The van der Waals surface area contributed by atoms with Gasteiger partial charge in [0.1, 0.15) is 9.88 Å². The first kappa shape index (κ1) is 16.7. The number of benzene rings is 1. The molecule has 0 saturated carbocycles. The molecule has 1 aromatic carbocycles. The molecule has 0 bridgehead atoms. The van der Waals surface area contributed by atoms with Crippen LogP contribution in [0.1, 0.15) is 36.0 Å². The number of hydrogen-bond donors (Lipinski definition) is 1. The molecule has 1 N–H and O–H groups in total. The lowest BCUT2D eigenvalue weighted by atomic mass is 10.1. The molecule has 1 heterocycles. The Morgan fingerprint density at radius 3 is 2.17 bits per heavy atom. The Hall–Kier alpha value is -2.67. The number of carbonyl (C=O) groups excluding carboxylic acids is 3. The van der Waals surface area contributed by atoms with Gasteiger partial charge in [-0.2, -0.15) is 0 Å². The summed E-state index contributed by atoms with van der Waals surface area (Å²) in [4.78, 5) is 36.3. The molecular weight excluding hydrogens is 318 g/mol. The monoisotopic (exact) mass is 333 g/mol. The predicted molar refractivity (Wildman–Crippen MR) is 86.1 cm³/mol. The Kier molecular flexibility index (Phi) is 5.13. The van der Waals surface area contributed by atoms with Crippen molar-refractivity contribution in [2.75, 3.05) is 19.5 Å². The van der Waals surface area contributed by atoms with Gasteiger partial charge in [0.2, 0.25) is 0 Å². The van der Waals surface area contributed by atoms with Crippen LogP contribution in [0.3, 0.4) is 0 Å². The molecule has 1 amide bonds. The SMILES string of the molecule is COC(=O)c1sc(NC(=O)c2ccccc2)c(C(=O)OC)c1C. The maximum absolute atomic E-state index is 12.3. The summed E-state index contributed by atoms with van der Waals surface area (Å²) in [7, 11) is 2.49. The largest absolute Gasteiger partial charge is 0.465 e. The number of methoxy groups -OCH3 is 2. The highest BCUT2D eigenvalue weighted by Gasteiger charge is 2.26. The molecular formula is C16H15NO5S. The summed E-state index contributed by atoms with van der Waals surface area (Å²) < 4.78 is 9.43. The fourth-order valence-corrected chi connectivity index (χ4v) is 3.11. The summed E-state index contributed by atoms with van der Waals surface area (Å²) in [6.07, 6.45) is 0. The fraction of sp³-hybridized carbons (Fsp3) is 0.188. The highest BCUT2D eigenvalue weighted by atomic mass is 32.1. The molecule has 0 saturated heterocycles. The van der Waals surface area contributed by atoms with Crippen molar-refractivity contribution in [2.24, 2.45) is 0 Å². The van der Waals surface area contributed by atoms with Gasteiger partial charge in [-0.05, 0) is 24.6 Å². The van der Waals surface area contributed by atoms with Gasteiger partial charge in [-0.25, -0.2) is 9.59 Å². The summed E-state index contributed by atoms with van der Waals surface area (Å²) in [5.74, 6) is -1.58. The third kappa shape index (κ3) is 3.40. The van der Waals surface area contributed by atoms with Gasteiger partial charge in [-0.3, -0.25) is 4.79 Å².